The molecule has 34 heavy (non-hydrogen) atoms. The minimum atomic E-state index is -0.522. The molecule has 2 N–H and O–H groups in total. The number of carbonyl (C=O) groups excluding carboxylic acids is 2. The van der Waals surface area contributed by atoms with Crippen LogP contribution in [0.2, 0.25) is 10.0 Å². The normalized spacial score (nSPS) is 10.7. The molecule has 0 atom stereocenters. The maximum atomic E-state index is 12.5. The number of aryl methyl sites for hydroxylation is 1. The van der Waals surface area contributed by atoms with Gasteiger partial charge in [0.25, 0.3) is 5.69 Å². The Balaban J connectivity index is 1.62. The number of nitro groups is 1. The van der Waals surface area contributed by atoms with Crippen LogP contribution < -0.4 is 10.6 Å². The van der Waals surface area contributed by atoms with Gasteiger partial charge in [-0.3, -0.25) is 19.7 Å². The summed E-state index contributed by atoms with van der Waals surface area (Å²) >= 11 is 13.2. The lowest BCUT2D eigenvalue weighted by atomic mass is 10.2. The predicted molar refractivity (Wildman–Crippen MR) is 132 cm³/mol. The van der Waals surface area contributed by atoms with Gasteiger partial charge in [-0.05, 0) is 31.5 Å². The molecule has 0 unspecified atom stereocenters. The lowest BCUT2D eigenvalue weighted by Gasteiger charge is -2.10. The van der Waals surface area contributed by atoms with Crippen LogP contribution in [0.5, 0.6) is 0 Å². The zero-order chi connectivity index (χ0) is 24.8. The van der Waals surface area contributed by atoms with Crippen molar-refractivity contribution in [2.24, 2.45) is 0 Å². The maximum absolute atomic E-state index is 12.5. The molecule has 0 saturated carbocycles. The number of benzene rings is 2. The summed E-state index contributed by atoms with van der Waals surface area (Å²) in [6, 6.07) is 9.19. The van der Waals surface area contributed by atoms with E-state index in [9.17, 15) is 19.7 Å². The van der Waals surface area contributed by atoms with E-state index in [0.29, 0.717) is 39.5 Å². The average Bonchev–Trinajstić information content (AvgIpc) is 3.18. The van der Waals surface area contributed by atoms with Crippen LogP contribution in [0.15, 0.2) is 41.6 Å². The topological polar surface area (TPSA) is 132 Å². The standard InChI is InChI=1S/C21H20Cl2N6O4S/c1-3-28-17(10-18(30)24-15-6-4-5-14(22)20(15)23)26-27-21(28)34-11-19(31)25-16-9-13(29(32)33)8-7-12(16)2/h4-9H,3,10-11H2,1-2H3,(H,24,30)(H,25,31). The number of nitro benzene ring substituents is 1. The molecule has 0 spiro atoms. The molecule has 0 saturated heterocycles. The van der Waals surface area contributed by atoms with Crippen molar-refractivity contribution in [1.82, 2.24) is 14.8 Å². The summed E-state index contributed by atoms with van der Waals surface area (Å²) in [5.41, 5.74) is 1.35. The van der Waals surface area contributed by atoms with Crippen LogP contribution in [0, 0.1) is 17.0 Å². The zero-order valence-electron chi connectivity index (χ0n) is 18.2. The number of halogens is 2. The molecule has 3 aromatic rings. The molecule has 0 fully saturated rings. The van der Waals surface area contributed by atoms with Gasteiger partial charge in [-0.15, -0.1) is 10.2 Å². The first-order chi connectivity index (χ1) is 16.2. The summed E-state index contributed by atoms with van der Waals surface area (Å²) in [5.74, 6) is -0.267. The molecule has 0 aliphatic heterocycles. The number of non-ortho nitro benzene ring substituents is 1. The van der Waals surface area contributed by atoms with Crippen molar-refractivity contribution in [2.45, 2.75) is 32.0 Å². The summed E-state index contributed by atoms with van der Waals surface area (Å²) in [5, 5.41) is 25.6. The number of hydrogen-bond acceptors (Lipinski definition) is 7. The van der Waals surface area contributed by atoms with Gasteiger partial charge in [-0.25, -0.2) is 0 Å². The van der Waals surface area contributed by atoms with Crippen molar-refractivity contribution in [3.05, 3.63) is 67.9 Å². The Morgan fingerprint density at radius 2 is 1.85 bits per heavy atom. The van der Waals surface area contributed by atoms with Crippen molar-refractivity contribution in [3.63, 3.8) is 0 Å². The van der Waals surface area contributed by atoms with E-state index in [1.807, 2.05) is 6.92 Å². The SMILES string of the molecule is CCn1c(CC(=O)Nc2cccc(Cl)c2Cl)nnc1SCC(=O)Nc1cc([N+](=O)[O-])ccc1C. The fraction of sp³-hybridized carbons (Fsp3) is 0.238. The first-order valence-electron chi connectivity index (χ1n) is 10.0. The van der Waals surface area contributed by atoms with Crippen LogP contribution in [-0.4, -0.2) is 37.3 Å². The smallest absolute Gasteiger partial charge is 0.271 e. The van der Waals surface area contributed by atoms with E-state index in [0.717, 1.165) is 11.8 Å². The van der Waals surface area contributed by atoms with E-state index in [1.54, 1.807) is 35.8 Å². The largest absolute Gasteiger partial charge is 0.325 e. The van der Waals surface area contributed by atoms with Gasteiger partial charge in [0.1, 0.15) is 5.82 Å². The van der Waals surface area contributed by atoms with Gasteiger partial charge in [-0.1, -0.05) is 47.1 Å². The number of hydrogen-bond donors (Lipinski definition) is 2. The third-order valence-corrected chi connectivity index (χ3v) is 6.48. The number of carbonyl (C=O) groups is 2. The van der Waals surface area contributed by atoms with E-state index < -0.39 is 4.92 Å². The van der Waals surface area contributed by atoms with Crippen molar-refractivity contribution in [2.75, 3.05) is 16.4 Å². The highest BCUT2D eigenvalue weighted by atomic mass is 35.5. The van der Waals surface area contributed by atoms with Crippen molar-refractivity contribution in [1.29, 1.82) is 0 Å². The van der Waals surface area contributed by atoms with Gasteiger partial charge in [-0.2, -0.15) is 0 Å². The number of amides is 2. The second-order valence-electron chi connectivity index (χ2n) is 7.06. The van der Waals surface area contributed by atoms with Crippen LogP contribution in [0.3, 0.4) is 0 Å². The van der Waals surface area contributed by atoms with Crippen molar-refractivity contribution < 1.29 is 14.5 Å². The lowest BCUT2D eigenvalue weighted by molar-refractivity contribution is -0.384. The number of nitrogens with zero attached hydrogens (tertiary/aromatic N) is 4. The number of rotatable bonds is 9. The highest BCUT2D eigenvalue weighted by molar-refractivity contribution is 7.99. The maximum Gasteiger partial charge on any atom is 0.271 e. The summed E-state index contributed by atoms with van der Waals surface area (Å²) < 4.78 is 1.73. The Kier molecular flexibility index (Phi) is 8.48. The quantitative estimate of drug-likeness (QED) is 0.235. The summed E-state index contributed by atoms with van der Waals surface area (Å²) in [6.45, 7) is 4.10. The Morgan fingerprint density at radius 3 is 2.56 bits per heavy atom. The van der Waals surface area contributed by atoms with Crippen molar-refractivity contribution in [3.8, 4) is 0 Å². The van der Waals surface area contributed by atoms with E-state index in [1.165, 1.54) is 12.1 Å². The highest BCUT2D eigenvalue weighted by Gasteiger charge is 2.18. The first-order valence-corrected chi connectivity index (χ1v) is 11.8. The van der Waals surface area contributed by atoms with E-state index in [4.69, 9.17) is 23.2 Å². The zero-order valence-corrected chi connectivity index (χ0v) is 20.5. The molecule has 3 rings (SSSR count). The van der Waals surface area contributed by atoms with Gasteiger partial charge >= 0.3 is 0 Å². The molecular weight excluding hydrogens is 503 g/mol. The molecule has 2 amide bonds. The average molecular weight is 523 g/mol. The fourth-order valence-corrected chi connectivity index (χ4v) is 4.16. The molecule has 10 nitrogen and oxygen atoms in total. The second-order valence-corrected chi connectivity index (χ2v) is 8.79. The minimum Gasteiger partial charge on any atom is -0.325 e. The van der Waals surface area contributed by atoms with Crippen LogP contribution in [0.4, 0.5) is 17.1 Å². The first kappa shape index (κ1) is 25.5. The lowest BCUT2D eigenvalue weighted by Crippen LogP contribution is -2.18. The van der Waals surface area contributed by atoms with Crippen LogP contribution >= 0.6 is 35.0 Å². The molecule has 1 aromatic heterocycles. The Labute approximate surface area is 209 Å². The molecule has 178 valence electrons. The molecule has 1 heterocycles. The summed E-state index contributed by atoms with van der Waals surface area (Å²) in [6.07, 6.45) is -0.0523. The number of thioether (sulfide) groups is 1. The minimum absolute atomic E-state index is 0.00455. The molecule has 0 aliphatic carbocycles. The van der Waals surface area contributed by atoms with Gasteiger partial charge in [0.05, 0.1) is 38.5 Å². The summed E-state index contributed by atoms with van der Waals surface area (Å²) in [7, 11) is 0. The molecule has 0 aliphatic rings. The number of aromatic nitrogens is 3. The predicted octanol–water partition coefficient (Wildman–Crippen LogP) is 4.73. The van der Waals surface area contributed by atoms with Gasteiger partial charge < -0.3 is 15.2 Å². The van der Waals surface area contributed by atoms with Gasteiger partial charge in [0.2, 0.25) is 11.8 Å². The molecule has 13 heteroatoms. The van der Waals surface area contributed by atoms with Crippen LogP contribution in [0.25, 0.3) is 0 Å². The van der Waals surface area contributed by atoms with Gasteiger partial charge in [0.15, 0.2) is 5.16 Å². The Hall–Kier alpha value is -3.15. The van der Waals surface area contributed by atoms with E-state index in [2.05, 4.69) is 20.8 Å². The Bertz CT molecular complexity index is 1250. The number of anilines is 2. The number of nitrogens with one attached hydrogen (secondary N) is 2. The monoisotopic (exact) mass is 522 g/mol. The van der Waals surface area contributed by atoms with Crippen LogP contribution in [-0.2, 0) is 22.6 Å². The molecule has 2 aromatic carbocycles. The van der Waals surface area contributed by atoms with E-state index >= 15 is 0 Å². The van der Waals surface area contributed by atoms with E-state index in [-0.39, 0.29) is 34.7 Å². The van der Waals surface area contributed by atoms with Gasteiger partial charge in [0, 0.05) is 18.7 Å². The molecule has 0 radical (unpaired) electrons. The second kappa shape index (κ2) is 11.3. The third-order valence-electron chi connectivity index (χ3n) is 4.69. The summed E-state index contributed by atoms with van der Waals surface area (Å²) in [4.78, 5) is 35.4. The Morgan fingerprint density at radius 1 is 1.12 bits per heavy atom. The highest BCUT2D eigenvalue weighted by Crippen LogP contribution is 2.29. The molecule has 0 bridgehead atoms. The third kappa shape index (κ3) is 6.25. The fourth-order valence-electron chi connectivity index (χ4n) is 2.99. The van der Waals surface area contributed by atoms with Crippen molar-refractivity contribution >= 4 is 63.8 Å². The van der Waals surface area contributed by atoms with Crippen LogP contribution in [0.1, 0.15) is 18.3 Å². The molecular formula is C21H20Cl2N6O4S.